The number of piperazine rings is 1. The second-order valence-electron chi connectivity index (χ2n) is 12.4. The number of halogens is 1. The van der Waals surface area contributed by atoms with Gasteiger partial charge in [-0.15, -0.1) is 0 Å². The number of rotatable bonds is 4. The highest BCUT2D eigenvalue weighted by Crippen LogP contribution is 2.38. The minimum Gasteiger partial charge on any atom is -0.457 e. The SMILES string of the molecule is C/C(=C\I)[C@H]1OC(=O)C[C@H](O[Si](C)(C)C(C)(C)C)CC[C@H](C)[C@@H](OC(=O)N2CCN(C)CC2)/C=C\[C@@H]1C. The number of amides is 1. The van der Waals surface area contributed by atoms with Crippen molar-refractivity contribution >= 4 is 43.0 Å². The molecular weight excluding hydrogens is 599 g/mol. The van der Waals surface area contributed by atoms with Crippen molar-refractivity contribution in [2.75, 3.05) is 33.2 Å². The van der Waals surface area contributed by atoms with Gasteiger partial charge in [0.05, 0.1) is 12.5 Å². The van der Waals surface area contributed by atoms with E-state index in [-0.39, 0.29) is 53.7 Å². The lowest BCUT2D eigenvalue weighted by molar-refractivity contribution is -0.150. The first-order chi connectivity index (χ1) is 17.1. The molecule has 2 heterocycles. The second-order valence-corrected chi connectivity index (χ2v) is 17.8. The lowest BCUT2D eigenvalue weighted by atomic mass is 9.92. The molecule has 0 aromatic carbocycles. The third-order valence-corrected chi connectivity index (χ3v) is 13.6. The van der Waals surface area contributed by atoms with Crippen molar-refractivity contribution in [3.63, 3.8) is 0 Å². The number of esters is 1. The van der Waals surface area contributed by atoms with Gasteiger partial charge in [-0.1, -0.05) is 63.3 Å². The molecule has 0 aliphatic carbocycles. The topological polar surface area (TPSA) is 68.3 Å². The molecule has 0 unspecified atom stereocenters. The van der Waals surface area contributed by atoms with Gasteiger partial charge in [0.2, 0.25) is 0 Å². The van der Waals surface area contributed by atoms with Gasteiger partial charge in [0.25, 0.3) is 0 Å². The summed E-state index contributed by atoms with van der Waals surface area (Å²) in [5.74, 6) is -0.204. The number of ether oxygens (including phenoxy) is 2. The van der Waals surface area contributed by atoms with Crippen LogP contribution in [0.15, 0.2) is 21.8 Å². The highest BCUT2D eigenvalue weighted by Gasteiger charge is 2.40. The summed E-state index contributed by atoms with van der Waals surface area (Å²) in [5.41, 5.74) is 0.990. The number of carbonyl (C=O) groups excluding carboxylic acids is 2. The molecule has 5 atom stereocenters. The second kappa shape index (κ2) is 13.9. The summed E-state index contributed by atoms with van der Waals surface area (Å²) in [6, 6.07) is 0. The van der Waals surface area contributed by atoms with Crippen LogP contribution in [0.2, 0.25) is 18.1 Å². The molecule has 2 aliphatic rings. The first-order valence-electron chi connectivity index (χ1n) is 13.6. The monoisotopic (exact) mass is 648 g/mol. The molecule has 0 radical (unpaired) electrons. The molecule has 0 N–H and O–H groups in total. The summed E-state index contributed by atoms with van der Waals surface area (Å²) >= 11 is 2.19. The Bertz CT molecular complexity index is 833. The number of nitrogens with zero attached hydrogens (tertiary/aromatic N) is 2. The van der Waals surface area contributed by atoms with Gasteiger partial charge in [-0.05, 0) is 66.6 Å². The van der Waals surface area contributed by atoms with E-state index >= 15 is 0 Å². The van der Waals surface area contributed by atoms with Crippen molar-refractivity contribution in [1.82, 2.24) is 9.80 Å². The van der Waals surface area contributed by atoms with E-state index in [1.807, 2.05) is 30.1 Å². The molecule has 2 aliphatic heterocycles. The number of likely N-dealkylation sites (N-methyl/N-ethyl adjacent to an activating group) is 1. The van der Waals surface area contributed by atoms with Crippen molar-refractivity contribution in [1.29, 1.82) is 0 Å². The Morgan fingerprint density at radius 2 is 1.76 bits per heavy atom. The maximum atomic E-state index is 13.1. The molecule has 1 amide bonds. The van der Waals surface area contributed by atoms with Gasteiger partial charge in [-0.2, -0.15) is 0 Å². The van der Waals surface area contributed by atoms with Crippen molar-refractivity contribution in [3.8, 4) is 0 Å². The van der Waals surface area contributed by atoms with Crippen LogP contribution in [0.1, 0.15) is 60.8 Å². The quantitative estimate of drug-likeness (QED) is 0.152. The molecule has 0 saturated carbocycles. The summed E-state index contributed by atoms with van der Waals surface area (Å²) in [4.78, 5) is 30.2. The van der Waals surface area contributed by atoms with E-state index in [0.29, 0.717) is 19.5 Å². The summed E-state index contributed by atoms with van der Waals surface area (Å²) < 4.78 is 20.8. The number of carbonyl (C=O) groups is 2. The van der Waals surface area contributed by atoms with E-state index in [9.17, 15) is 9.59 Å². The van der Waals surface area contributed by atoms with Gasteiger partial charge in [-0.3, -0.25) is 4.79 Å². The molecule has 1 saturated heterocycles. The normalized spacial score (nSPS) is 30.6. The largest absolute Gasteiger partial charge is 0.457 e. The van der Waals surface area contributed by atoms with E-state index < -0.39 is 8.32 Å². The molecule has 0 aromatic rings. The molecule has 0 bridgehead atoms. The van der Waals surface area contributed by atoms with Gasteiger partial charge >= 0.3 is 12.1 Å². The number of hydrogen-bond donors (Lipinski definition) is 0. The number of cyclic esters (lactones) is 1. The summed E-state index contributed by atoms with van der Waals surface area (Å²) in [7, 11) is -0.0264. The highest BCUT2D eigenvalue weighted by atomic mass is 127. The molecule has 7 nitrogen and oxygen atoms in total. The fraction of sp³-hybridized carbons (Fsp3) is 0.786. The summed E-state index contributed by atoms with van der Waals surface area (Å²) in [6.07, 6.45) is 4.53. The first-order valence-corrected chi connectivity index (χ1v) is 17.8. The van der Waals surface area contributed by atoms with Crippen LogP contribution in [0.5, 0.6) is 0 Å². The summed E-state index contributed by atoms with van der Waals surface area (Å²) in [5, 5.41) is 0.0348. The predicted octanol–water partition coefficient (Wildman–Crippen LogP) is 6.39. The lowest BCUT2D eigenvalue weighted by Crippen LogP contribution is -2.48. The average Bonchev–Trinajstić information content (AvgIpc) is 2.81. The van der Waals surface area contributed by atoms with E-state index in [4.69, 9.17) is 13.9 Å². The van der Waals surface area contributed by atoms with Crippen molar-refractivity contribution in [3.05, 3.63) is 21.8 Å². The zero-order chi connectivity index (χ0) is 28.0. The van der Waals surface area contributed by atoms with Crippen LogP contribution >= 0.6 is 22.6 Å². The molecule has 37 heavy (non-hydrogen) atoms. The minimum atomic E-state index is -2.10. The van der Waals surface area contributed by atoms with Crippen LogP contribution in [-0.2, 0) is 18.7 Å². The first kappa shape index (κ1) is 32.3. The Hall–Kier alpha value is -0.913. The van der Waals surface area contributed by atoms with Crippen molar-refractivity contribution in [2.24, 2.45) is 11.8 Å². The van der Waals surface area contributed by atoms with Crippen molar-refractivity contribution < 1.29 is 23.5 Å². The Kier molecular flexibility index (Phi) is 12.2. The Morgan fingerprint density at radius 1 is 1.14 bits per heavy atom. The maximum absolute atomic E-state index is 13.1. The van der Waals surface area contributed by atoms with Gasteiger partial charge in [-0.25, -0.2) is 4.79 Å². The minimum absolute atomic E-state index is 0.0348. The lowest BCUT2D eigenvalue weighted by Gasteiger charge is -2.39. The fourth-order valence-electron chi connectivity index (χ4n) is 4.37. The van der Waals surface area contributed by atoms with Gasteiger partial charge < -0.3 is 23.7 Å². The van der Waals surface area contributed by atoms with Crippen molar-refractivity contribution in [2.45, 2.75) is 97.2 Å². The Morgan fingerprint density at radius 3 is 2.32 bits per heavy atom. The molecule has 212 valence electrons. The third kappa shape index (κ3) is 9.65. The van der Waals surface area contributed by atoms with E-state index in [2.05, 4.69) is 75.3 Å². The van der Waals surface area contributed by atoms with Crippen LogP contribution in [-0.4, -0.2) is 81.7 Å². The molecule has 2 rings (SSSR count). The van der Waals surface area contributed by atoms with E-state index in [1.165, 1.54) is 0 Å². The highest BCUT2D eigenvalue weighted by molar-refractivity contribution is 14.1. The summed E-state index contributed by atoms with van der Waals surface area (Å²) in [6.45, 7) is 20.3. The zero-order valence-electron chi connectivity index (χ0n) is 24.4. The van der Waals surface area contributed by atoms with Crippen LogP contribution in [0, 0.1) is 11.8 Å². The Labute approximate surface area is 239 Å². The number of hydrogen-bond acceptors (Lipinski definition) is 6. The smallest absolute Gasteiger partial charge is 0.410 e. The van der Waals surface area contributed by atoms with Crippen LogP contribution < -0.4 is 0 Å². The fourth-order valence-corrected chi connectivity index (χ4v) is 6.12. The van der Waals surface area contributed by atoms with Crippen LogP contribution in [0.25, 0.3) is 0 Å². The molecule has 0 spiro atoms. The average molecular weight is 649 g/mol. The predicted molar refractivity (Wildman–Crippen MR) is 160 cm³/mol. The van der Waals surface area contributed by atoms with E-state index in [1.54, 1.807) is 4.90 Å². The third-order valence-electron chi connectivity index (χ3n) is 8.13. The maximum Gasteiger partial charge on any atom is 0.410 e. The van der Waals surface area contributed by atoms with Crippen LogP contribution in [0.4, 0.5) is 4.79 Å². The van der Waals surface area contributed by atoms with Gasteiger partial charge in [0.15, 0.2) is 8.32 Å². The van der Waals surface area contributed by atoms with Gasteiger partial charge in [0.1, 0.15) is 12.2 Å². The van der Waals surface area contributed by atoms with Crippen LogP contribution in [0.3, 0.4) is 0 Å². The van der Waals surface area contributed by atoms with Gasteiger partial charge in [0, 0.05) is 32.1 Å². The molecule has 1 fully saturated rings. The van der Waals surface area contributed by atoms with E-state index in [0.717, 1.165) is 25.1 Å². The molecular formula is C28H49IN2O5Si. The zero-order valence-corrected chi connectivity index (χ0v) is 27.5. The molecule has 9 heteroatoms. The molecule has 0 aromatic heterocycles. The standard InChI is InChI=1S/C28H49IN2O5Si/c1-20-10-12-23(36-37(8,9)28(4,5)6)18-25(32)35-26(22(3)19-29)21(2)11-13-24(20)34-27(33)31-16-14-30(7)15-17-31/h11,13,19-21,23-24,26H,10,12,14-18H2,1-9H3/b13-11-,22-19+/t20-,21-,23+,24-,26-/m0/s1. The Balaban J connectivity index is 2.31.